The molecular weight excluding hydrogens is 233 g/mol. The number of likely N-dealkylation sites (N-methyl/N-ethyl adjacent to an activating group) is 1. The molecule has 4 nitrogen and oxygen atoms in total. The first-order valence-corrected chi connectivity index (χ1v) is 6.27. The number of nitrogens with zero attached hydrogens (tertiary/aromatic N) is 1. The number of carbonyl (C=O) groups excluding carboxylic acids is 1. The van der Waals surface area contributed by atoms with Crippen molar-refractivity contribution in [1.82, 2.24) is 10.6 Å². The van der Waals surface area contributed by atoms with Gasteiger partial charge in [-0.2, -0.15) is 0 Å². The SMILES string of the molecule is CCN1c2ccc(F)cc2C(=O)NC12CCNC2. The maximum atomic E-state index is 13.3. The van der Waals surface area contributed by atoms with E-state index in [0.717, 1.165) is 31.7 Å². The van der Waals surface area contributed by atoms with E-state index < -0.39 is 0 Å². The van der Waals surface area contributed by atoms with Crippen LogP contribution in [-0.4, -0.2) is 31.2 Å². The lowest BCUT2D eigenvalue weighted by Gasteiger charge is -2.46. The van der Waals surface area contributed by atoms with Gasteiger partial charge in [0.2, 0.25) is 0 Å². The summed E-state index contributed by atoms with van der Waals surface area (Å²) in [5.41, 5.74) is 0.900. The summed E-state index contributed by atoms with van der Waals surface area (Å²) in [6.45, 7) is 4.43. The maximum Gasteiger partial charge on any atom is 0.255 e. The van der Waals surface area contributed by atoms with Crippen LogP contribution in [0.4, 0.5) is 10.1 Å². The number of anilines is 1. The van der Waals surface area contributed by atoms with Gasteiger partial charge in [-0.3, -0.25) is 4.79 Å². The monoisotopic (exact) mass is 249 g/mol. The Morgan fingerprint density at radius 2 is 2.33 bits per heavy atom. The molecule has 96 valence electrons. The summed E-state index contributed by atoms with van der Waals surface area (Å²) in [6, 6.07) is 4.42. The highest BCUT2D eigenvalue weighted by molar-refractivity contribution is 6.02. The molecule has 1 aromatic carbocycles. The van der Waals surface area contributed by atoms with Gasteiger partial charge in [-0.05, 0) is 31.7 Å². The number of amides is 1. The summed E-state index contributed by atoms with van der Waals surface area (Å²) < 4.78 is 13.3. The molecule has 1 spiro atoms. The molecule has 0 saturated carbocycles. The zero-order valence-electron chi connectivity index (χ0n) is 10.3. The molecule has 1 atom stereocenters. The molecule has 2 aliphatic rings. The van der Waals surface area contributed by atoms with E-state index in [-0.39, 0.29) is 17.4 Å². The van der Waals surface area contributed by atoms with Gasteiger partial charge < -0.3 is 15.5 Å². The standard InChI is InChI=1S/C13H16FN3O/c1-2-17-11-4-3-9(14)7-10(11)12(18)16-13(17)5-6-15-8-13/h3-4,7,15H,2,5-6,8H2,1H3,(H,16,18). The fourth-order valence-electron chi connectivity index (χ4n) is 2.99. The lowest BCUT2D eigenvalue weighted by atomic mass is 9.98. The summed E-state index contributed by atoms with van der Waals surface area (Å²) in [5, 5.41) is 6.31. The summed E-state index contributed by atoms with van der Waals surface area (Å²) in [5.74, 6) is -0.557. The molecule has 1 aromatic rings. The Labute approximate surface area is 105 Å². The molecule has 0 aromatic heterocycles. The minimum atomic E-state index is -0.375. The van der Waals surface area contributed by atoms with Crippen molar-refractivity contribution in [3.05, 3.63) is 29.6 Å². The molecule has 5 heteroatoms. The van der Waals surface area contributed by atoms with E-state index in [1.54, 1.807) is 6.07 Å². The molecule has 3 rings (SSSR count). The fourth-order valence-corrected chi connectivity index (χ4v) is 2.99. The minimum absolute atomic E-state index is 0.182. The van der Waals surface area contributed by atoms with Crippen LogP contribution in [0.15, 0.2) is 18.2 Å². The van der Waals surface area contributed by atoms with E-state index in [1.165, 1.54) is 12.1 Å². The Hall–Kier alpha value is -1.62. The predicted molar refractivity (Wildman–Crippen MR) is 67.1 cm³/mol. The molecule has 1 saturated heterocycles. The molecule has 2 heterocycles. The second kappa shape index (κ2) is 3.95. The number of benzene rings is 1. The number of fused-ring (bicyclic) bond motifs is 1. The first kappa shape index (κ1) is 11.5. The molecule has 1 amide bonds. The third kappa shape index (κ3) is 1.50. The first-order valence-electron chi connectivity index (χ1n) is 6.27. The molecule has 18 heavy (non-hydrogen) atoms. The zero-order chi connectivity index (χ0) is 12.8. The molecule has 0 radical (unpaired) electrons. The Kier molecular flexibility index (Phi) is 2.52. The van der Waals surface area contributed by atoms with E-state index in [4.69, 9.17) is 0 Å². The van der Waals surface area contributed by atoms with E-state index in [0.29, 0.717) is 5.56 Å². The van der Waals surface area contributed by atoms with Crippen molar-refractivity contribution >= 4 is 11.6 Å². The van der Waals surface area contributed by atoms with Gasteiger partial charge in [0.05, 0.1) is 11.3 Å². The normalized spacial score (nSPS) is 26.3. The second-order valence-corrected chi connectivity index (χ2v) is 4.82. The maximum absolute atomic E-state index is 13.3. The van der Waals surface area contributed by atoms with Crippen LogP contribution in [0.5, 0.6) is 0 Å². The van der Waals surface area contributed by atoms with Crippen molar-refractivity contribution in [2.75, 3.05) is 24.5 Å². The fraction of sp³-hybridized carbons (Fsp3) is 0.462. The number of halogens is 1. The summed E-state index contributed by atoms with van der Waals surface area (Å²) in [4.78, 5) is 14.3. The van der Waals surface area contributed by atoms with Crippen molar-refractivity contribution in [1.29, 1.82) is 0 Å². The van der Waals surface area contributed by atoms with Crippen molar-refractivity contribution < 1.29 is 9.18 Å². The topological polar surface area (TPSA) is 44.4 Å². The largest absolute Gasteiger partial charge is 0.347 e. The molecule has 2 aliphatic heterocycles. The van der Waals surface area contributed by atoms with Gasteiger partial charge in [0.1, 0.15) is 11.5 Å². The highest BCUT2D eigenvalue weighted by Gasteiger charge is 2.45. The smallest absolute Gasteiger partial charge is 0.255 e. The molecule has 0 aliphatic carbocycles. The van der Waals surface area contributed by atoms with E-state index >= 15 is 0 Å². The van der Waals surface area contributed by atoms with Gasteiger partial charge in [-0.1, -0.05) is 0 Å². The Bertz CT molecular complexity index is 497. The summed E-state index contributed by atoms with van der Waals surface area (Å²) in [7, 11) is 0. The van der Waals surface area contributed by atoms with E-state index in [2.05, 4.69) is 15.5 Å². The van der Waals surface area contributed by atoms with Crippen LogP contribution in [0.25, 0.3) is 0 Å². The van der Waals surface area contributed by atoms with Gasteiger partial charge in [-0.15, -0.1) is 0 Å². The average Bonchev–Trinajstić information content (AvgIpc) is 2.80. The molecule has 0 bridgehead atoms. The zero-order valence-corrected chi connectivity index (χ0v) is 10.3. The highest BCUT2D eigenvalue weighted by atomic mass is 19.1. The van der Waals surface area contributed by atoms with Crippen LogP contribution >= 0.6 is 0 Å². The number of hydrogen-bond donors (Lipinski definition) is 2. The predicted octanol–water partition coefficient (Wildman–Crippen LogP) is 1.08. The van der Waals surface area contributed by atoms with E-state index in [1.807, 2.05) is 6.92 Å². The first-order chi connectivity index (χ1) is 8.66. The summed E-state index contributed by atoms with van der Waals surface area (Å²) in [6.07, 6.45) is 0.864. The number of carbonyl (C=O) groups is 1. The van der Waals surface area contributed by atoms with Crippen LogP contribution < -0.4 is 15.5 Å². The van der Waals surface area contributed by atoms with Gasteiger partial charge in [0.15, 0.2) is 0 Å². The quantitative estimate of drug-likeness (QED) is 0.783. The molecule has 1 unspecified atom stereocenters. The molecular formula is C13H16FN3O. The summed E-state index contributed by atoms with van der Waals surface area (Å²) >= 11 is 0. The lowest BCUT2D eigenvalue weighted by Crippen LogP contribution is -2.65. The highest BCUT2D eigenvalue weighted by Crippen LogP contribution is 2.34. The third-order valence-electron chi connectivity index (χ3n) is 3.81. The molecule has 2 N–H and O–H groups in total. The van der Waals surface area contributed by atoms with Gasteiger partial charge in [-0.25, -0.2) is 4.39 Å². The average molecular weight is 249 g/mol. The van der Waals surface area contributed by atoms with Gasteiger partial charge >= 0.3 is 0 Å². The van der Waals surface area contributed by atoms with Crippen molar-refractivity contribution in [2.24, 2.45) is 0 Å². The van der Waals surface area contributed by atoms with Crippen LogP contribution in [-0.2, 0) is 0 Å². The second-order valence-electron chi connectivity index (χ2n) is 4.82. The minimum Gasteiger partial charge on any atom is -0.347 e. The van der Waals surface area contributed by atoms with Gasteiger partial charge in [0, 0.05) is 19.5 Å². The number of nitrogens with one attached hydrogen (secondary N) is 2. The third-order valence-corrected chi connectivity index (χ3v) is 3.81. The molecule has 1 fully saturated rings. The van der Waals surface area contributed by atoms with E-state index in [9.17, 15) is 9.18 Å². The van der Waals surface area contributed by atoms with Crippen LogP contribution in [0, 0.1) is 5.82 Å². The van der Waals surface area contributed by atoms with Crippen molar-refractivity contribution in [3.63, 3.8) is 0 Å². The van der Waals surface area contributed by atoms with Crippen LogP contribution in [0.1, 0.15) is 23.7 Å². The number of rotatable bonds is 1. The van der Waals surface area contributed by atoms with Crippen LogP contribution in [0.3, 0.4) is 0 Å². The van der Waals surface area contributed by atoms with Crippen molar-refractivity contribution in [2.45, 2.75) is 19.0 Å². The Balaban J connectivity index is 2.12. The van der Waals surface area contributed by atoms with Crippen LogP contribution in [0.2, 0.25) is 0 Å². The Morgan fingerprint density at radius 3 is 3.00 bits per heavy atom. The van der Waals surface area contributed by atoms with Gasteiger partial charge in [0.25, 0.3) is 5.91 Å². The lowest BCUT2D eigenvalue weighted by molar-refractivity contribution is 0.0889. The Morgan fingerprint density at radius 1 is 1.50 bits per heavy atom. The van der Waals surface area contributed by atoms with Crippen molar-refractivity contribution in [3.8, 4) is 0 Å². The number of hydrogen-bond acceptors (Lipinski definition) is 3.